The molecular formula is C26H50N4O8S. The SMILES string of the molecule is CC[C@H](C)[C@H](NS(=O)(=O)N[C@H](C(=O)N[C@H](C(=O)OC)[C@@H](C)CC)[C@@H](C)CC)C(=O)N[C@H](C(=O)OC)[C@@H](C)CC. The molecule has 0 aromatic rings. The van der Waals surface area contributed by atoms with Gasteiger partial charge in [-0.05, 0) is 23.7 Å². The van der Waals surface area contributed by atoms with Gasteiger partial charge in [-0.25, -0.2) is 9.59 Å². The van der Waals surface area contributed by atoms with Crippen LogP contribution in [0, 0.1) is 23.7 Å². The Bertz CT molecular complexity index is 848. The summed E-state index contributed by atoms with van der Waals surface area (Å²) in [5, 5.41) is 5.26. The molecule has 8 atom stereocenters. The third-order valence-electron chi connectivity index (χ3n) is 7.49. The van der Waals surface area contributed by atoms with E-state index in [0.717, 1.165) is 0 Å². The summed E-state index contributed by atoms with van der Waals surface area (Å²) < 4.78 is 40.9. The zero-order valence-corrected chi connectivity index (χ0v) is 25.9. The van der Waals surface area contributed by atoms with Crippen molar-refractivity contribution >= 4 is 34.0 Å². The van der Waals surface area contributed by atoms with Crippen molar-refractivity contribution < 1.29 is 37.1 Å². The molecule has 0 aliphatic heterocycles. The van der Waals surface area contributed by atoms with E-state index in [-0.39, 0.29) is 11.8 Å². The minimum absolute atomic E-state index is 0.250. The molecule has 39 heavy (non-hydrogen) atoms. The molecule has 0 aliphatic rings. The van der Waals surface area contributed by atoms with Gasteiger partial charge in [0.25, 0.3) is 10.2 Å². The lowest BCUT2D eigenvalue weighted by Crippen LogP contribution is -2.61. The first kappa shape index (κ1) is 36.8. The lowest BCUT2D eigenvalue weighted by atomic mass is 9.96. The molecule has 12 nitrogen and oxygen atoms in total. The van der Waals surface area contributed by atoms with Crippen molar-refractivity contribution in [2.24, 2.45) is 23.7 Å². The molecule has 0 saturated heterocycles. The largest absolute Gasteiger partial charge is 0.467 e. The fourth-order valence-electron chi connectivity index (χ4n) is 3.77. The predicted octanol–water partition coefficient (Wildman–Crippen LogP) is 1.65. The molecular weight excluding hydrogens is 528 g/mol. The van der Waals surface area contributed by atoms with Crippen LogP contribution in [0.1, 0.15) is 81.1 Å². The molecule has 0 aromatic heterocycles. The molecule has 0 spiro atoms. The molecule has 2 amide bonds. The minimum Gasteiger partial charge on any atom is -0.467 e. The summed E-state index contributed by atoms with van der Waals surface area (Å²) in [5.41, 5.74) is 0. The Morgan fingerprint density at radius 3 is 1.05 bits per heavy atom. The van der Waals surface area contributed by atoms with Crippen LogP contribution in [-0.4, -0.2) is 70.6 Å². The summed E-state index contributed by atoms with van der Waals surface area (Å²) in [6.45, 7) is 14.3. The van der Waals surface area contributed by atoms with Gasteiger partial charge in [-0.2, -0.15) is 17.9 Å². The van der Waals surface area contributed by atoms with E-state index in [9.17, 15) is 27.6 Å². The second kappa shape index (κ2) is 17.4. The Balaban J connectivity index is 6.04. The van der Waals surface area contributed by atoms with Crippen LogP contribution in [0.3, 0.4) is 0 Å². The van der Waals surface area contributed by atoms with Crippen molar-refractivity contribution in [3.63, 3.8) is 0 Å². The molecule has 13 heteroatoms. The van der Waals surface area contributed by atoms with Crippen LogP contribution in [0.5, 0.6) is 0 Å². The van der Waals surface area contributed by atoms with Gasteiger partial charge in [0.2, 0.25) is 11.8 Å². The highest BCUT2D eigenvalue weighted by molar-refractivity contribution is 7.87. The Morgan fingerprint density at radius 2 is 0.821 bits per heavy atom. The van der Waals surface area contributed by atoms with Gasteiger partial charge in [0, 0.05) is 0 Å². The van der Waals surface area contributed by atoms with Crippen molar-refractivity contribution in [3.8, 4) is 0 Å². The zero-order chi connectivity index (χ0) is 30.5. The van der Waals surface area contributed by atoms with E-state index >= 15 is 0 Å². The highest BCUT2D eigenvalue weighted by Gasteiger charge is 2.37. The highest BCUT2D eigenvalue weighted by atomic mass is 32.2. The topological polar surface area (TPSA) is 169 Å². The maximum absolute atomic E-state index is 13.3. The van der Waals surface area contributed by atoms with Gasteiger partial charge in [-0.3, -0.25) is 9.59 Å². The van der Waals surface area contributed by atoms with Crippen LogP contribution in [0.2, 0.25) is 0 Å². The first-order valence-corrected chi connectivity index (χ1v) is 15.2. The number of rotatable bonds is 18. The Hall–Kier alpha value is -2.25. The van der Waals surface area contributed by atoms with Gasteiger partial charge in [0.15, 0.2) is 0 Å². The van der Waals surface area contributed by atoms with Gasteiger partial charge in [0.05, 0.1) is 14.2 Å². The molecule has 228 valence electrons. The quantitative estimate of drug-likeness (QED) is 0.178. The zero-order valence-electron chi connectivity index (χ0n) is 25.1. The first-order valence-electron chi connectivity index (χ1n) is 13.7. The predicted molar refractivity (Wildman–Crippen MR) is 148 cm³/mol. The van der Waals surface area contributed by atoms with Crippen LogP contribution in [-0.2, 0) is 38.9 Å². The smallest absolute Gasteiger partial charge is 0.328 e. The van der Waals surface area contributed by atoms with Crippen molar-refractivity contribution in [1.29, 1.82) is 0 Å². The van der Waals surface area contributed by atoms with Gasteiger partial charge in [-0.1, -0.05) is 81.1 Å². The molecule has 4 N–H and O–H groups in total. The van der Waals surface area contributed by atoms with E-state index in [1.54, 1.807) is 41.5 Å². The third-order valence-corrected chi connectivity index (χ3v) is 8.62. The van der Waals surface area contributed by atoms with Crippen LogP contribution in [0.4, 0.5) is 0 Å². The van der Waals surface area contributed by atoms with Gasteiger partial charge >= 0.3 is 11.9 Å². The number of hydrogen-bond donors (Lipinski definition) is 4. The molecule has 0 rings (SSSR count). The molecule has 0 radical (unpaired) electrons. The molecule has 0 aliphatic carbocycles. The summed E-state index contributed by atoms with van der Waals surface area (Å²) in [4.78, 5) is 51.0. The lowest BCUT2D eigenvalue weighted by molar-refractivity contribution is -0.147. The van der Waals surface area contributed by atoms with Crippen LogP contribution < -0.4 is 20.1 Å². The molecule has 0 fully saturated rings. The van der Waals surface area contributed by atoms with E-state index in [1.807, 2.05) is 13.8 Å². The number of carbonyl (C=O) groups is 4. The number of methoxy groups -OCH3 is 2. The Kier molecular flexibility index (Phi) is 16.4. The number of esters is 2. The monoisotopic (exact) mass is 578 g/mol. The molecule has 0 unspecified atom stereocenters. The van der Waals surface area contributed by atoms with E-state index < -0.39 is 70.0 Å². The number of hydrogen-bond acceptors (Lipinski definition) is 8. The van der Waals surface area contributed by atoms with Crippen molar-refractivity contribution in [1.82, 2.24) is 20.1 Å². The fourth-order valence-corrected chi connectivity index (χ4v) is 5.19. The number of nitrogens with one attached hydrogen (secondary N) is 4. The summed E-state index contributed by atoms with van der Waals surface area (Å²) in [6, 6.07) is -4.36. The first-order chi connectivity index (χ1) is 18.1. The van der Waals surface area contributed by atoms with Crippen LogP contribution >= 0.6 is 0 Å². The van der Waals surface area contributed by atoms with Gasteiger partial charge in [0.1, 0.15) is 24.2 Å². The average molecular weight is 579 g/mol. The molecule has 0 bridgehead atoms. The summed E-state index contributed by atoms with van der Waals surface area (Å²) in [6.07, 6.45) is 2.07. The van der Waals surface area contributed by atoms with Crippen molar-refractivity contribution in [2.45, 2.75) is 105 Å². The highest BCUT2D eigenvalue weighted by Crippen LogP contribution is 2.16. The van der Waals surface area contributed by atoms with Gasteiger partial charge in [-0.15, -0.1) is 0 Å². The fraction of sp³-hybridized carbons (Fsp3) is 0.846. The van der Waals surface area contributed by atoms with E-state index in [2.05, 4.69) is 20.1 Å². The molecule has 0 aromatic carbocycles. The minimum atomic E-state index is -4.41. The van der Waals surface area contributed by atoms with Crippen LogP contribution in [0.15, 0.2) is 0 Å². The number of amides is 2. The van der Waals surface area contributed by atoms with Crippen LogP contribution in [0.25, 0.3) is 0 Å². The lowest BCUT2D eigenvalue weighted by Gasteiger charge is -2.30. The summed E-state index contributed by atoms with van der Waals surface area (Å²) in [7, 11) is -1.98. The van der Waals surface area contributed by atoms with E-state index in [0.29, 0.717) is 25.7 Å². The van der Waals surface area contributed by atoms with E-state index in [4.69, 9.17) is 9.47 Å². The molecule has 0 saturated carbocycles. The second-order valence-electron chi connectivity index (χ2n) is 10.3. The Morgan fingerprint density at radius 1 is 0.564 bits per heavy atom. The normalized spacial score (nSPS) is 17.9. The number of carbonyl (C=O) groups excluding carboxylic acids is 4. The van der Waals surface area contributed by atoms with Gasteiger partial charge < -0.3 is 20.1 Å². The van der Waals surface area contributed by atoms with Crippen molar-refractivity contribution in [2.75, 3.05) is 14.2 Å². The molecule has 0 heterocycles. The summed E-state index contributed by atoms with van der Waals surface area (Å²) in [5.74, 6) is -4.01. The maximum atomic E-state index is 13.3. The summed E-state index contributed by atoms with van der Waals surface area (Å²) >= 11 is 0. The third kappa shape index (κ3) is 11.4. The van der Waals surface area contributed by atoms with E-state index in [1.165, 1.54) is 14.2 Å². The van der Waals surface area contributed by atoms with Crippen molar-refractivity contribution in [3.05, 3.63) is 0 Å². The average Bonchev–Trinajstić information content (AvgIpc) is 2.93. The number of ether oxygens (including phenoxy) is 2. The standard InChI is InChI=1S/C26H50N4O8S/c1-11-15(5)19(23(31)27-21(17(7)13-3)25(33)37-9)29-39(35,36)30-20(16(6)12-2)24(32)28-22(18(8)14-4)26(34)38-10/h15-22,29-30H,11-14H2,1-10H3,(H,27,31)(H,28,32)/t15-,16-,17-,18-,19-,20-,21-,22-/m0/s1. The Labute approximate surface area is 234 Å². The maximum Gasteiger partial charge on any atom is 0.328 e. The second-order valence-corrected chi connectivity index (χ2v) is 11.7.